The van der Waals surface area contributed by atoms with E-state index in [9.17, 15) is 18.0 Å². The van der Waals surface area contributed by atoms with Crippen molar-refractivity contribution < 1.29 is 22.7 Å². The van der Waals surface area contributed by atoms with Crippen LogP contribution in [-0.4, -0.2) is 52.1 Å². The van der Waals surface area contributed by atoms with Crippen molar-refractivity contribution in [3.8, 4) is 0 Å². The highest BCUT2D eigenvalue weighted by molar-refractivity contribution is 6.30. The van der Waals surface area contributed by atoms with Crippen LogP contribution in [0.5, 0.6) is 0 Å². The molecule has 0 saturated carbocycles. The number of hydrogen-bond acceptors (Lipinski definition) is 5. The molecule has 0 radical (unpaired) electrons. The first-order valence-electron chi connectivity index (χ1n) is 9.93. The molecule has 1 saturated heterocycles. The number of anilines is 1. The van der Waals surface area contributed by atoms with Gasteiger partial charge in [0, 0.05) is 23.7 Å². The molecule has 2 aromatic rings. The van der Waals surface area contributed by atoms with E-state index in [0.717, 1.165) is 12.1 Å². The molecule has 7 nitrogen and oxygen atoms in total. The maximum Gasteiger partial charge on any atom is 0.416 e. The van der Waals surface area contributed by atoms with Crippen LogP contribution in [0.2, 0.25) is 10.3 Å². The summed E-state index contributed by atoms with van der Waals surface area (Å²) in [6.45, 7) is 4.23. The lowest BCUT2D eigenvalue weighted by Crippen LogP contribution is -2.46. The number of nitrogens with one attached hydrogen (secondary N) is 1. The van der Waals surface area contributed by atoms with Gasteiger partial charge in [0.2, 0.25) is 5.28 Å². The molecular weight excluding hydrogens is 470 g/mol. The third-order valence-corrected chi connectivity index (χ3v) is 5.80. The maximum atomic E-state index is 13.2. The first kappa shape index (κ1) is 22.9. The summed E-state index contributed by atoms with van der Waals surface area (Å²) in [6, 6.07) is 2.69. The number of aromatic nitrogens is 2. The number of fused-ring (bicyclic) bond motifs is 1. The van der Waals surface area contributed by atoms with Gasteiger partial charge in [-0.15, -0.1) is 0 Å². The molecule has 12 heteroatoms. The Morgan fingerprint density at radius 3 is 2.53 bits per heavy atom. The van der Waals surface area contributed by atoms with Gasteiger partial charge >= 0.3 is 12.2 Å². The second-order valence-corrected chi connectivity index (χ2v) is 8.42. The van der Waals surface area contributed by atoms with Gasteiger partial charge in [-0.3, -0.25) is 0 Å². The lowest BCUT2D eigenvalue weighted by Gasteiger charge is -2.30. The quantitative estimate of drug-likeness (QED) is 0.630. The van der Waals surface area contributed by atoms with Gasteiger partial charge in [0.25, 0.3) is 0 Å². The Morgan fingerprint density at radius 1 is 1.12 bits per heavy atom. The Balaban J connectivity index is 1.56. The summed E-state index contributed by atoms with van der Waals surface area (Å²) < 4.78 is 44.8. The fraction of sp³-hybridized carbons (Fsp3) is 0.450. The number of urea groups is 1. The van der Waals surface area contributed by atoms with Gasteiger partial charge in [-0.25, -0.2) is 14.8 Å². The second kappa shape index (κ2) is 8.92. The van der Waals surface area contributed by atoms with Gasteiger partial charge < -0.3 is 19.9 Å². The molecule has 1 fully saturated rings. The minimum Gasteiger partial charge on any atom is -0.378 e. The molecule has 0 aliphatic carbocycles. The Bertz CT molecular complexity index is 1030. The van der Waals surface area contributed by atoms with E-state index in [1.165, 1.54) is 6.07 Å². The number of carbonyl (C=O) groups is 1. The van der Waals surface area contributed by atoms with E-state index < -0.39 is 17.8 Å². The zero-order chi connectivity index (χ0) is 23.0. The SMILES string of the molecule is CC(Nc1nc(Cl)nc2c1CN(C(=O)N1CCOCC1)C2)c1cc(Cl)cc(C(F)(F)F)c1. The molecule has 1 aromatic heterocycles. The monoisotopic (exact) mass is 489 g/mol. The van der Waals surface area contributed by atoms with Gasteiger partial charge in [0.15, 0.2) is 0 Å². The first-order chi connectivity index (χ1) is 15.1. The van der Waals surface area contributed by atoms with Gasteiger partial charge in [0.05, 0.1) is 43.6 Å². The minimum atomic E-state index is -4.51. The summed E-state index contributed by atoms with van der Waals surface area (Å²) >= 11 is 12.0. The molecule has 2 amide bonds. The second-order valence-electron chi connectivity index (χ2n) is 7.64. The Morgan fingerprint density at radius 2 is 1.84 bits per heavy atom. The summed E-state index contributed by atoms with van der Waals surface area (Å²) in [5.41, 5.74) is 0.791. The van der Waals surface area contributed by atoms with Crippen molar-refractivity contribution >= 4 is 35.1 Å². The van der Waals surface area contributed by atoms with Gasteiger partial charge in [-0.05, 0) is 42.3 Å². The highest BCUT2D eigenvalue weighted by Crippen LogP contribution is 2.35. The Kier molecular flexibility index (Phi) is 6.37. The van der Waals surface area contributed by atoms with Crippen LogP contribution in [0.4, 0.5) is 23.8 Å². The summed E-state index contributed by atoms with van der Waals surface area (Å²) in [4.78, 5) is 24.7. The molecule has 0 spiro atoms. The van der Waals surface area contributed by atoms with E-state index in [2.05, 4.69) is 15.3 Å². The third kappa shape index (κ3) is 4.87. The van der Waals surface area contributed by atoms with Crippen molar-refractivity contribution in [2.75, 3.05) is 31.6 Å². The molecule has 3 heterocycles. The van der Waals surface area contributed by atoms with Gasteiger partial charge in [-0.1, -0.05) is 11.6 Å². The van der Waals surface area contributed by atoms with Crippen molar-refractivity contribution in [2.45, 2.75) is 32.2 Å². The minimum absolute atomic E-state index is 0.0128. The fourth-order valence-corrected chi connectivity index (χ4v) is 4.18. The lowest BCUT2D eigenvalue weighted by molar-refractivity contribution is -0.137. The Hall–Kier alpha value is -2.30. The smallest absolute Gasteiger partial charge is 0.378 e. The molecule has 1 aromatic carbocycles. The molecule has 2 aliphatic heterocycles. The average molecular weight is 490 g/mol. The Labute approximate surface area is 192 Å². The number of nitrogens with zero attached hydrogens (tertiary/aromatic N) is 4. The summed E-state index contributed by atoms with van der Waals surface area (Å²) in [5.74, 6) is 0.373. The van der Waals surface area contributed by atoms with Crippen LogP contribution in [0.3, 0.4) is 0 Å². The largest absolute Gasteiger partial charge is 0.416 e. The topological polar surface area (TPSA) is 70.6 Å². The molecule has 4 rings (SSSR count). The van der Waals surface area contributed by atoms with E-state index >= 15 is 0 Å². The molecule has 1 N–H and O–H groups in total. The highest BCUT2D eigenvalue weighted by atomic mass is 35.5. The number of benzene rings is 1. The van der Waals surface area contributed by atoms with Crippen molar-refractivity contribution in [2.24, 2.45) is 0 Å². The van der Waals surface area contributed by atoms with Gasteiger partial charge in [0.1, 0.15) is 5.82 Å². The average Bonchev–Trinajstić information content (AvgIpc) is 3.17. The summed E-state index contributed by atoms with van der Waals surface area (Å²) in [6.07, 6.45) is -4.51. The molecule has 32 heavy (non-hydrogen) atoms. The summed E-state index contributed by atoms with van der Waals surface area (Å²) in [5, 5.41) is 3.08. The normalized spacial score (nSPS) is 17.3. The number of morpholine rings is 1. The van der Waals surface area contributed by atoms with Crippen LogP contribution >= 0.6 is 23.2 Å². The van der Waals surface area contributed by atoms with Crippen LogP contribution in [-0.2, 0) is 24.0 Å². The van der Waals surface area contributed by atoms with Crippen LogP contribution in [0.15, 0.2) is 18.2 Å². The number of hydrogen-bond donors (Lipinski definition) is 1. The van der Waals surface area contributed by atoms with Crippen LogP contribution in [0, 0.1) is 0 Å². The van der Waals surface area contributed by atoms with E-state index in [0.29, 0.717) is 48.9 Å². The van der Waals surface area contributed by atoms with Crippen molar-refractivity contribution in [1.29, 1.82) is 0 Å². The van der Waals surface area contributed by atoms with E-state index in [1.807, 2.05) is 0 Å². The molecule has 1 unspecified atom stereocenters. The number of halogens is 5. The van der Waals surface area contributed by atoms with Crippen molar-refractivity contribution in [1.82, 2.24) is 19.8 Å². The predicted molar refractivity (Wildman–Crippen MR) is 113 cm³/mol. The molecular formula is C20H20Cl2F3N5O2. The van der Waals surface area contributed by atoms with E-state index in [-0.39, 0.29) is 29.4 Å². The first-order valence-corrected chi connectivity index (χ1v) is 10.7. The standard InChI is InChI=1S/C20H20Cl2F3N5O2/c1-11(12-6-13(20(23,24)25)8-14(21)7-12)26-17-15-9-30(10-16(15)27-18(22)28-17)19(31)29-2-4-32-5-3-29/h6-8,11H,2-5,9-10H2,1H3,(H,26,27,28). The predicted octanol–water partition coefficient (Wildman–Crippen LogP) is 4.74. The molecule has 1 atom stereocenters. The molecule has 172 valence electrons. The van der Waals surface area contributed by atoms with Crippen LogP contribution in [0.25, 0.3) is 0 Å². The summed E-state index contributed by atoms with van der Waals surface area (Å²) in [7, 11) is 0. The van der Waals surface area contributed by atoms with Crippen LogP contribution < -0.4 is 5.32 Å². The molecule has 2 aliphatic rings. The number of carbonyl (C=O) groups excluding carboxylic acids is 1. The zero-order valence-electron chi connectivity index (χ0n) is 17.0. The van der Waals surface area contributed by atoms with E-state index in [1.54, 1.807) is 16.7 Å². The zero-order valence-corrected chi connectivity index (χ0v) is 18.6. The number of alkyl halides is 3. The van der Waals surface area contributed by atoms with Crippen molar-refractivity contribution in [3.63, 3.8) is 0 Å². The number of ether oxygens (including phenoxy) is 1. The van der Waals surface area contributed by atoms with E-state index in [4.69, 9.17) is 27.9 Å². The number of rotatable bonds is 3. The van der Waals surface area contributed by atoms with Crippen molar-refractivity contribution in [3.05, 3.63) is 50.9 Å². The fourth-order valence-electron chi connectivity index (χ4n) is 3.75. The molecule has 0 bridgehead atoms. The third-order valence-electron chi connectivity index (χ3n) is 5.41. The maximum absolute atomic E-state index is 13.2. The lowest BCUT2D eigenvalue weighted by atomic mass is 10.0. The number of amides is 2. The van der Waals surface area contributed by atoms with Gasteiger partial charge in [-0.2, -0.15) is 13.2 Å². The highest BCUT2D eigenvalue weighted by Gasteiger charge is 2.33. The van der Waals surface area contributed by atoms with Crippen LogP contribution in [0.1, 0.15) is 35.3 Å².